The molecular formula is C16H19N3O2. The maximum absolute atomic E-state index is 6.04. The molecule has 2 aromatic rings. The first-order valence-electron chi connectivity index (χ1n) is 7.27. The van der Waals surface area contributed by atoms with Gasteiger partial charge in [-0.15, -0.1) is 0 Å². The molecule has 0 bridgehead atoms. The molecule has 0 saturated heterocycles. The Morgan fingerprint density at radius 1 is 1.24 bits per heavy atom. The predicted octanol–water partition coefficient (Wildman–Crippen LogP) is 2.91. The molecule has 0 saturated carbocycles. The van der Waals surface area contributed by atoms with Gasteiger partial charge in [0.15, 0.2) is 5.69 Å². The molecule has 0 aliphatic heterocycles. The van der Waals surface area contributed by atoms with E-state index in [-0.39, 0.29) is 6.10 Å². The van der Waals surface area contributed by atoms with E-state index in [2.05, 4.69) is 28.2 Å². The Kier molecular flexibility index (Phi) is 3.90. The maximum atomic E-state index is 6.04. The number of aromatic nitrogens is 2. The van der Waals surface area contributed by atoms with E-state index < -0.39 is 0 Å². The summed E-state index contributed by atoms with van der Waals surface area (Å²) in [6, 6.07) is 8.36. The van der Waals surface area contributed by atoms with E-state index in [0.717, 1.165) is 19.3 Å². The molecule has 5 nitrogen and oxygen atoms in total. The Morgan fingerprint density at radius 3 is 2.90 bits per heavy atom. The largest absolute Gasteiger partial charge is 0.476 e. The number of rotatable bonds is 4. The molecule has 1 aliphatic carbocycles. The molecule has 0 radical (unpaired) electrons. The lowest BCUT2D eigenvalue weighted by Crippen LogP contribution is -2.16. The lowest BCUT2D eigenvalue weighted by atomic mass is 9.89. The standard InChI is InChI=1S/C16H19N3O2/c1-2-20-15-14(17)16(19-10-18-15)21-13-9-5-7-11-6-3-4-8-12(11)13/h3-4,6,8,10,13H,2,5,7,9,17H2,1H3. The van der Waals surface area contributed by atoms with Gasteiger partial charge in [0.25, 0.3) is 0 Å². The number of anilines is 1. The third kappa shape index (κ3) is 2.77. The van der Waals surface area contributed by atoms with Gasteiger partial charge in [0.2, 0.25) is 11.8 Å². The Morgan fingerprint density at radius 2 is 2.05 bits per heavy atom. The normalized spacial score (nSPS) is 17.1. The van der Waals surface area contributed by atoms with Crippen LogP contribution < -0.4 is 15.2 Å². The molecule has 1 unspecified atom stereocenters. The molecule has 3 rings (SSSR count). The Hall–Kier alpha value is -2.30. The molecule has 2 N–H and O–H groups in total. The van der Waals surface area contributed by atoms with Crippen molar-refractivity contribution in [3.05, 3.63) is 41.7 Å². The molecular weight excluding hydrogens is 266 g/mol. The molecule has 1 heterocycles. The van der Waals surface area contributed by atoms with Crippen molar-refractivity contribution in [3.63, 3.8) is 0 Å². The lowest BCUT2D eigenvalue weighted by Gasteiger charge is -2.26. The van der Waals surface area contributed by atoms with Crippen molar-refractivity contribution in [2.45, 2.75) is 32.3 Å². The van der Waals surface area contributed by atoms with Gasteiger partial charge in [0.1, 0.15) is 12.4 Å². The van der Waals surface area contributed by atoms with Gasteiger partial charge in [-0.2, -0.15) is 9.97 Å². The molecule has 21 heavy (non-hydrogen) atoms. The second-order valence-electron chi connectivity index (χ2n) is 5.03. The number of nitrogens with zero attached hydrogens (tertiary/aromatic N) is 2. The number of hydrogen-bond acceptors (Lipinski definition) is 5. The SMILES string of the molecule is CCOc1ncnc(OC2CCCc3ccccc32)c1N. The van der Waals surface area contributed by atoms with Crippen LogP contribution in [0.25, 0.3) is 0 Å². The minimum atomic E-state index is -0.0124. The Bertz CT molecular complexity index is 631. The van der Waals surface area contributed by atoms with E-state index in [0.29, 0.717) is 24.1 Å². The lowest BCUT2D eigenvalue weighted by molar-refractivity contribution is 0.175. The zero-order chi connectivity index (χ0) is 14.7. The molecule has 1 aliphatic rings. The smallest absolute Gasteiger partial charge is 0.245 e. The summed E-state index contributed by atoms with van der Waals surface area (Å²) in [5.41, 5.74) is 8.96. The van der Waals surface area contributed by atoms with Crippen LogP contribution in [0.5, 0.6) is 11.8 Å². The number of hydrogen-bond donors (Lipinski definition) is 1. The minimum absolute atomic E-state index is 0.0124. The van der Waals surface area contributed by atoms with Crippen molar-refractivity contribution < 1.29 is 9.47 Å². The number of fused-ring (bicyclic) bond motifs is 1. The first-order chi connectivity index (χ1) is 10.3. The van der Waals surface area contributed by atoms with Gasteiger partial charge in [-0.25, -0.2) is 0 Å². The molecule has 1 atom stereocenters. The highest BCUT2D eigenvalue weighted by atomic mass is 16.5. The average molecular weight is 285 g/mol. The van der Waals surface area contributed by atoms with Gasteiger partial charge in [-0.1, -0.05) is 24.3 Å². The predicted molar refractivity (Wildman–Crippen MR) is 80.4 cm³/mol. The van der Waals surface area contributed by atoms with Crippen molar-refractivity contribution in [1.82, 2.24) is 9.97 Å². The third-order valence-electron chi connectivity index (χ3n) is 3.66. The molecule has 0 spiro atoms. The van der Waals surface area contributed by atoms with E-state index in [9.17, 15) is 0 Å². The van der Waals surface area contributed by atoms with Crippen LogP contribution in [0.4, 0.5) is 5.69 Å². The van der Waals surface area contributed by atoms with Crippen LogP contribution in [0.2, 0.25) is 0 Å². The maximum Gasteiger partial charge on any atom is 0.245 e. The van der Waals surface area contributed by atoms with Crippen LogP contribution in [-0.2, 0) is 6.42 Å². The van der Waals surface area contributed by atoms with E-state index in [1.807, 2.05) is 13.0 Å². The van der Waals surface area contributed by atoms with Crippen molar-refractivity contribution in [1.29, 1.82) is 0 Å². The fourth-order valence-corrected chi connectivity index (χ4v) is 2.68. The molecule has 1 aromatic heterocycles. The summed E-state index contributed by atoms with van der Waals surface area (Å²) in [6.07, 6.45) is 4.57. The molecule has 110 valence electrons. The quantitative estimate of drug-likeness (QED) is 0.935. The van der Waals surface area contributed by atoms with Gasteiger partial charge in [0.05, 0.1) is 6.61 Å². The Labute approximate surface area is 124 Å². The molecule has 1 aromatic carbocycles. The third-order valence-corrected chi connectivity index (χ3v) is 3.66. The second kappa shape index (κ2) is 5.99. The summed E-state index contributed by atoms with van der Waals surface area (Å²) >= 11 is 0. The summed E-state index contributed by atoms with van der Waals surface area (Å²) in [5.74, 6) is 0.779. The van der Waals surface area contributed by atoms with Crippen LogP contribution in [0, 0.1) is 0 Å². The fourth-order valence-electron chi connectivity index (χ4n) is 2.68. The number of aryl methyl sites for hydroxylation is 1. The highest BCUT2D eigenvalue weighted by Crippen LogP contribution is 2.36. The van der Waals surface area contributed by atoms with Gasteiger partial charge >= 0.3 is 0 Å². The van der Waals surface area contributed by atoms with E-state index in [1.54, 1.807) is 0 Å². The number of nitrogens with two attached hydrogens (primary N) is 1. The van der Waals surface area contributed by atoms with Crippen LogP contribution >= 0.6 is 0 Å². The van der Waals surface area contributed by atoms with E-state index in [4.69, 9.17) is 15.2 Å². The highest BCUT2D eigenvalue weighted by molar-refractivity contribution is 5.56. The van der Waals surface area contributed by atoms with Crippen molar-refractivity contribution >= 4 is 5.69 Å². The van der Waals surface area contributed by atoms with Gasteiger partial charge in [-0.3, -0.25) is 0 Å². The monoisotopic (exact) mass is 285 g/mol. The van der Waals surface area contributed by atoms with Gasteiger partial charge in [-0.05, 0) is 37.3 Å². The van der Waals surface area contributed by atoms with Crippen LogP contribution in [0.3, 0.4) is 0 Å². The second-order valence-corrected chi connectivity index (χ2v) is 5.03. The van der Waals surface area contributed by atoms with E-state index >= 15 is 0 Å². The first kappa shape index (κ1) is 13.7. The highest BCUT2D eigenvalue weighted by Gasteiger charge is 2.23. The summed E-state index contributed by atoms with van der Waals surface area (Å²) in [5, 5.41) is 0. The molecule has 5 heteroatoms. The van der Waals surface area contributed by atoms with Crippen molar-refractivity contribution in [3.8, 4) is 11.8 Å². The first-order valence-corrected chi connectivity index (χ1v) is 7.27. The minimum Gasteiger partial charge on any atom is -0.476 e. The van der Waals surface area contributed by atoms with Crippen LogP contribution in [0.15, 0.2) is 30.6 Å². The van der Waals surface area contributed by atoms with Crippen molar-refractivity contribution in [2.24, 2.45) is 0 Å². The zero-order valence-electron chi connectivity index (χ0n) is 12.1. The topological polar surface area (TPSA) is 70.3 Å². The Balaban J connectivity index is 1.86. The number of benzene rings is 1. The van der Waals surface area contributed by atoms with Gasteiger partial charge in [0, 0.05) is 0 Å². The average Bonchev–Trinajstić information content (AvgIpc) is 2.52. The van der Waals surface area contributed by atoms with E-state index in [1.165, 1.54) is 17.5 Å². The van der Waals surface area contributed by atoms with Crippen LogP contribution in [0.1, 0.15) is 37.0 Å². The molecule has 0 fully saturated rings. The molecule has 0 amide bonds. The van der Waals surface area contributed by atoms with Crippen molar-refractivity contribution in [2.75, 3.05) is 12.3 Å². The summed E-state index contributed by atoms with van der Waals surface area (Å²) in [7, 11) is 0. The van der Waals surface area contributed by atoms with Gasteiger partial charge < -0.3 is 15.2 Å². The zero-order valence-corrected chi connectivity index (χ0v) is 12.1. The number of nitrogen functional groups attached to an aromatic ring is 1. The summed E-state index contributed by atoms with van der Waals surface area (Å²) in [6.45, 7) is 2.40. The summed E-state index contributed by atoms with van der Waals surface area (Å²) in [4.78, 5) is 8.18. The summed E-state index contributed by atoms with van der Waals surface area (Å²) < 4.78 is 11.4. The fraction of sp³-hybridized carbons (Fsp3) is 0.375. The van der Waals surface area contributed by atoms with Crippen LogP contribution in [-0.4, -0.2) is 16.6 Å². The number of ether oxygens (including phenoxy) is 2.